The molecule has 9 rings (SSSR count). The molecule has 292 valence electrons. The first-order valence-corrected chi connectivity index (χ1v) is 19.1. The molecule has 3 aromatic heterocycles. The van der Waals surface area contributed by atoms with Crippen LogP contribution in [-0.2, 0) is 27.5 Å². The molecule has 6 heterocycles. The van der Waals surface area contributed by atoms with Gasteiger partial charge in [-0.05, 0) is 86.4 Å². The van der Waals surface area contributed by atoms with Crippen molar-refractivity contribution in [1.29, 1.82) is 0 Å². The maximum absolute atomic E-state index is 13.4. The van der Waals surface area contributed by atoms with E-state index in [1.54, 1.807) is 29.8 Å². The van der Waals surface area contributed by atoms with Gasteiger partial charge in [0.15, 0.2) is 0 Å². The molecule has 2 aromatic carbocycles. The molecule has 3 saturated heterocycles. The van der Waals surface area contributed by atoms with Gasteiger partial charge in [0.2, 0.25) is 11.8 Å². The highest BCUT2D eigenvalue weighted by Gasteiger charge is 2.50. The molecule has 0 bridgehead atoms. The number of hydrogen-bond donors (Lipinski definition) is 2. The summed E-state index contributed by atoms with van der Waals surface area (Å²) in [6.45, 7) is 3.30. The van der Waals surface area contributed by atoms with Crippen LogP contribution in [0.5, 0.6) is 0 Å². The number of alkyl halides is 3. The van der Waals surface area contributed by atoms with E-state index in [0.29, 0.717) is 30.1 Å². The summed E-state index contributed by atoms with van der Waals surface area (Å²) < 4.78 is 50.9. The molecular weight excluding hydrogens is 729 g/mol. The van der Waals surface area contributed by atoms with Crippen LogP contribution in [0.25, 0.3) is 21.9 Å². The number of nitrogens with zero attached hydrogens (tertiary/aromatic N) is 6. The molecule has 4 fully saturated rings. The van der Waals surface area contributed by atoms with Crippen molar-refractivity contribution in [3.05, 3.63) is 88.2 Å². The molecule has 13 nitrogen and oxygen atoms in total. The van der Waals surface area contributed by atoms with Gasteiger partial charge >= 0.3 is 11.9 Å². The molecule has 1 saturated carbocycles. The number of aromatic nitrogens is 5. The van der Waals surface area contributed by atoms with Gasteiger partial charge in [-0.3, -0.25) is 38.4 Å². The number of likely N-dealkylation sites (tertiary alicyclic amines) is 1. The largest absolute Gasteiger partial charge is 0.433 e. The zero-order valence-electron chi connectivity index (χ0n) is 30.7. The van der Waals surface area contributed by atoms with Gasteiger partial charge < -0.3 is 10.1 Å². The Bertz CT molecular complexity index is 2440. The number of benzene rings is 2. The Morgan fingerprint density at radius 2 is 1.80 bits per heavy atom. The summed E-state index contributed by atoms with van der Waals surface area (Å²) in [7, 11) is 1.74. The van der Waals surface area contributed by atoms with Crippen molar-refractivity contribution in [3.8, 4) is 0 Å². The molecule has 4 aliphatic rings. The average molecular weight is 771 g/mol. The Kier molecular flexibility index (Phi) is 8.87. The van der Waals surface area contributed by atoms with E-state index in [1.807, 2.05) is 23.0 Å². The van der Waals surface area contributed by atoms with Gasteiger partial charge in [-0.15, -0.1) is 0 Å². The lowest BCUT2D eigenvalue weighted by atomic mass is 9.81. The van der Waals surface area contributed by atoms with E-state index in [0.717, 1.165) is 85.9 Å². The number of imide groups is 1. The maximum Gasteiger partial charge on any atom is 0.433 e. The number of hydrogen-bond acceptors (Lipinski definition) is 8. The van der Waals surface area contributed by atoms with E-state index in [4.69, 9.17) is 9.84 Å². The van der Waals surface area contributed by atoms with E-state index >= 15 is 0 Å². The number of carbonyl (C=O) groups is 3. The molecule has 1 aliphatic carbocycles. The number of nitrogens with one attached hydrogen (secondary N) is 2. The lowest BCUT2D eigenvalue weighted by molar-refractivity contribution is -0.141. The normalized spacial score (nSPS) is 24.1. The Balaban J connectivity index is 0.787. The van der Waals surface area contributed by atoms with Crippen molar-refractivity contribution in [2.45, 2.75) is 74.7 Å². The Hall–Kier alpha value is -5.35. The number of imidazole rings is 1. The monoisotopic (exact) mass is 770 g/mol. The van der Waals surface area contributed by atoms with Crippen LogP contribution in [0.15, 0.2) is 65.6 Å². The number of aryl methyl sites for hydroxylation is 1. The van der Waals surface area contributed by atoms with Gasteiger partial charge in [0.05, 0.1) is 34.8 Å². The Labute approximate surface area is 318 Å². The van der Waals surface area contributed by atoms with Gasteiger partial charge in [0, 0.05) is 56.3 Å². The van der Waals surface area contributed by atoms with Crippen LogP contribution >= 0.6 is 0 Å². The second kappa shape index (κ2) is 13.7. The molecule has 3 amide bonds. The number of fused-ring (bicyclic) bond motifs is 2. The molecule has 2 atom stereocenters. The predicted molar refractivity (Wildman–Crippen MR) is 199 cm³/mol. The van der Waals surface area contributed by atoms with Gasteiger partial charge in [-0.2, -0.15) is 18.3 Å². The van der Waals surface area contributed by atoms with Crippen LogP contribution in [0.3, 0.4) is 0 Å². The van der Waals surface area contributed by atoms with Gasteiger partial charge in [-0.25, -0.2) is 9.78 Å². The molecule has 0 radical (unpaired) electrons. The second-order valence-corrected chi connectivity index (χ2v) is 15.9. The average Bonchev–Trinajstić information content (AvgIpc) is 3.86. The highest BCUT2D eigenvalue weighted by Crippen LogP contribution is 2.45. The number of para-hydroxylation sites is 1. The molecular formula is C40H41F3N8O5. The molecule has 16 heteroatoms. The minimum Gasteiger partial charge on any atom is -0.372 e. The molecule has 2 unspecified atom stereocenters. The van der Waals surface area contributed by atoms with Crippen LogP contribution in [0, 0.1) is 5.92 Å². The van der Waals surface area contributed by atoms with E-state index in [9.17, 15) is 32.3 Å². The van der Waals surface area contributed by atoms with Crippen molar-refractivity contribution in [2.75, 3.05) is 31.6 Å². The topological polar surface area (TPSA) is 145 Å². The van der Waals surface area contributed by atoms with Crippen molar-refractivity contribution in [3.63, 3.8) is 0 Å². The van der Waals surface area contributed by atoms with E-state index in [-0.39, 0.29) is 41.3 Å². The fraction of sp³-hybridized carbons (Fsp3) is 0.450. The van der Waals surface area contributed by atoms with Crippen molar-refractivity contribution in [2.24, 2.45) is 13.0 Å². The number of piperidine rings is 1. The number of anilines is 1. The van der Waals surface area contributed by atoms with E-state index < -0.39 is 29.7 Å². The number of ether oxygens (including phenoxy) is 1. The van der Waals surface area contributed by atoms with Gasteiger partial charge in [-0.1, -0.05) is 18.2 Å². The Morgan fingerprint density at radius 3 is 2.57 bits per heavy atom. The van der Waals surface area contributed by atoms with Crippen LogP contribution < -0.4 is 16.3 Å². The summed E-state index contributed by atoms with van der Waals surface area (Å²) in [6.07, 6.45) is 2.78. The summed E-state index contributed by atoms with van der Waals surface area (Å²) in [6, 6.07) is 13.9. The first kappa shape index (κ1) is 36.3. The van der Waals surface area contributed by atoms with E-state index in [1.165, 1.54) is 10.6 Å². The van der Waals surface area contributed by atoms with Gasteiger partial charge in [0.1, 0.15) is 17.4 Å². The molecule has 5 aromatic rings. The minimum absolute atomic E-state index is 0.115. The number of amides is 3. The minimum atomic E-state index is -4.64. The van der Waals surface area contributed by atoms with Crippen LogP contribution in [0.2, 0.25) is 0 Å². The third-order valence-corrected chi connectivity index (χ3v) is 12.1. The second-order valence-electron chi connectivity index (χ2n) is 15.9. The van der Waals surface area contributed by atoms with Gasteiger partial charge in [0.25, 0.3) is 5.91 Å². The summed E-state index contributed by atoms with van der Waals surface area (Å²) >= 11 is 0. The van der Waals surface area contributed by atoms with E-state index in [2.05, 4.69) is 26.6 Å². The fourth-order valence-electron chi connectivity index (χ4n) is 9.37. The standard InChI is InChI=1S/C40H41F3N8O5/c1-48-35-28(4-2-6-31(35)51(38(48)55)32-14-15-34(52)46-37(32)54)25-17-39(56-20-25)21-49(22-39)18-23-8-11-27(12-9-23)50-19-24-16-26(10-13-29(24)47-50)44-36(53)30-5-3-7-33(45-30)40(41,42)43/h2-7,10,13,16,19,23,25,27,32H,8-9,11-12,14-15,17-18,20-22H2,1H3,(H,44,53)(H,46,52,54). The SMILES string of the molecule is Cn1c(=O)n(C2CCC(=O)NC2=O)c2cccc(C3COC4(C3)CN(CC3CCC(n5cc6cc(NC(=O)c7cccc(C(F)(F)F)n7)ccc6n5)CC3)C4)c21. The fourth-order valence-corrected chi connectivity index (χ4v) is 9.37. The van der Waals surface area contributed by atoms with Crippen LogP contribution in [0.1, 0.15) is 84.7 Å². The third kappa shape index (κ3) is 6.57. The summed E-state index contributed by atoms with van der Waals surface area (Å²) in [5.41, 5.74) is 1.85. The van der Waals surface area contributed by atoms with Crippen molar-refractivity contribution < 1.29 is 32.3 Å². The summed E-state index contributed by atoms with van der Waals surface area (Å²) in [5, 5.41) is 10.7. The molecule has 1 spiro atoms. The first-order valence-electron chi connectivity index (χ1n) is 19.1. The van der Waals surface area contributed by atoms with Crippen molar-refractivity contribution >= 4 is 45.3 Å². The highest BCUT2D eigenvalue weighted by atomic mass is 19.4. The Morgan fingerprint density at radius 1 is 1.02 bits per heavy atom. The lowest BCUT2D eigenvalue weighted by Gasteiger charge is -2.49. The van der Waals surface area contributed by atoms with Crippen LogP contribution in [0.4, 0.5) is 18.9 Å². The maximum atomic E-state index is 13.4. The number of carbonyl (C=O) groups excluding carboxylic acids is 3. The molecule has 56 heavy (non-hydrogen) atoms. The first-order chi connectivity index (χ1) is 26.8. The summed E-state index contributed by atoms with van der Waals surface area (Å²) in [5.74, 6) is -0.805. The number of pyridine rings is 1. The van der Waals surface area contributed by atoms with Crippen LogP contribution in [-0.4, -0.2) is 78.4 Å². The zero-order valence-corrected chi connectivity index (χ0v) is 30.7. The number of halogens is 3. The smallest absolute Gasteiger partial charge is 0.372 e. The van der Waals surface area contributed by atoms with Crippen molar-refractivity contribution in [1.82, 2.24) is 34.1 Å². The molecule has 2 N–H and O–H groups in total. The number of rotatable bonds is 7. The lowest BCUT2D eigenvalue weighted by Crippen LogP contribution is -2.62. The predicted octanol–water partition coefficient (Wildman–Crippen LogP) is 5.32. The third-order valence-electron chi connectivity index (χ3n) is 12.1. The quantitative estimate of drug-likeness (QED) is 0.212. The highest BCUT2D eigenvalue weighted by molar-refractivity contribution is 6.04. The molecule has 3 aliphatic heterocycles. The zero-order chi connectivity index (χ0) is 38.9. The summed E-state index contributed by atoms with van der Waals surface area (Å²) in [4.78, 5) is 56.6.